The zero-order valence-corrected chi connectivity index (χ0v) is 15.1. The fourth-order valence-electron chi connectivity index (χ4n) is 3.14. The Labute approximate surface area is 159 Å². The van der Waals surface area contributed by atoms with Crippen LogP contribution in [0.15, 0.2) is 53.3 Å². The van der Waals surface area contributed by atoms with Crippen molar-refractivity contribution in [1.29, 1.82) is 5.26 Å². The second-order valence-corrected chi connectivity index (χ2v) is 6.21. The summed E-state index contributed by atoms with van der Waals surface area (Å²) in [6, 6.07) is 16.2. The highest BCUT2D eigenvalue weighted by Gasteiger charge is 2.14. The summed E-state index contributed by atoms with van der Waals surface area (Å²) >= 11 is 0. The van der Waals surface area contributed by atoms with E-state index in [0.29, 0.717) is 34.5 Å². The van der Waals surface area contributed by atoms with Crippen molar-refractivity contribution >= 4 is 33.5 Å². The van der Waals surface area contributed by atoms with Gasteiger partial charge in [0.05, 0.1) is 11.6 Å². The first-order valence-electron chi connectivity index (χ1n) is 8.77. The minimum Gasteiger partial charge on any atom is -0.325 e. The van der Waals surface area contributed by atoms with Gasteiger partial charge >= 0.3 is 0 Å². The first kappa shape index (κ1) is 17.4. The number of carbonyl (C=O) groups is 1. The Morgan fingerprint density at radius 3 is 2.50 bits per heavy atom. The standard InChI is InChI=1S/C20H16N6O2/c1-2-25-17-12-14(22-19(27)9-10-21)8-7-13(17)11-18(20(25)28)26-23-15-5-3-4-6-16(15)24-26/h3-8,11-12H,2,9H2,1H3,(H,22,27). The van der Waals surface area contributed by atoms with Crippen LogP contribution in [-0.2, 0) is 11.3 Å². The Bertz CT molecular complexity index is 1280. The van der Waals surface area contributed by atoms with Crippen LogP contribution in [0.1, 0.15) is 13.3 Å². The number of hydrogen-bond acceptors (Lipinski definition) is 5. The number of fused-ring (bicyclic) bond motifs is 2. The molecule has 28 heavy (non-hydrogen) atoms. The molecule has 8 heteroatoms. The number of pyridine rings is 1. The van der Waals surface area contributed by atoms with Gasteiger partial charge in [0.2, 0.25) is 5.91 Å². The first-order chi connectivity index (χ1) is 13.6. The summed E-state index contributed by atoms with van der Waals surface area (Å²) in [5.74, 6) is -0.392. The number of anilines is 1. The third-order valence-corrected chi connectivity index (χ3v) is 4.42. The van der Waals surface area contributed by atoms with Gasteiger partial charge in [-0.15, -0.1) is 15.0 Å². The van der Waals surface area contributed by atoms with Crippen LogP contribution < -0.4 is 10.9 Å². The van der Waals surface area contributed by atoms with Crippen LogP contribution in [-0.4, -0.2) is 25.5 Å². The maximum Gasteiger partial charge on any atom is 0.278 e. The Hall–Kier alpha value is -3.99. The molecule has 0 atom stereocenters. The number of aromatic nitrogens is 4. The molecule has 0 aliphatic rings. The molecule has 0 aliphatic heterocycles. The van der Waals surface area contributed by atoms with Gasteiger partial charge in [0.1, 0.15) is 17.5 Å². The molecule has 4 aromatic rings. The summed E-state index contributed by atoms with van der Waals surface area (Å²) in [5, 5.41) is 20.9. The number of benzene rings is 2. The molecule has 0 saturated carbocycles. The number of nitriles is 1. The van der Waals surface area contributed by atoms with Crippen molar-refractivity contribution in [1.82, 2.24) is 19.6 Å². The third-order valence-electron chi connectivity index (χ3n) is 4.42. The lowest BCUT2D eigenvalue weighted by Crippen LogP contribution is -2.25. The highest BCUT2D eigenvalue weighted by Crippen LogP contribution is 2.21. The van der Waals surface area contributed by atoms with Gasteiger partial charge in [0, 0.05) is 17.6 Å². The summed E-state index contributed by atoms with van der Waals surface area (Å²) < 4.78 is 1.61. The maximum atomic E-state index is 13.1. The minimum absolute atomic E-state index is 0.226. The largest absolute Gasteiger partial charge is 0.325 e. The molecule has 0 fully saturated rings. The zero-order chi connectivity index (χ0) is 19.7. The molecule has 1 N–H and O–H groups in total. The van der Waals surface area contributed by atoms with E-state index >= 15 is 0 Å². The molecular formula is C20H16N6O2. The van der Waals surface area contributed by atoms with Crippen molar-refractivity contribution in [2.24, 2.45) is 0 Å². The Morgan fingerprint density at radius 1 is 1.14 bits per heavy atom. The predicted octanol–water partition coefficient (Wildman–Crippen LogP) is 2.61. The van der Waals surface area contributed by atoms with Crippen LogP contribution in [0, 0.1) is 11.3 Å². The van der Waals surface area contributed by atoms with Gasteiger partial charge < -0.3 is 9.88 Å². The van der Waals surface area contributed by atoms with Crippen molar-refractivity contribution in [3.05, 3.63) is 58.9 Å². The summed E-state index contributed by atoms with van der Waals surface area (Å²) in [7, 11) is 0. The molecule has 2 heterocycles. The van der Waals surface area contributed by atoms with Crippen LogP contribution in [0.25, 0.3) is 27.6 Å². The molecule has 1 amide bonds. The lowest BCUT2D eigenvalue weighted by molar-refractivity contribution is -0.115. The maximum absolute atomic E-state index is 13.1. The normalized spacial score (nSPS) is 10.9. The molecule has 4 rings (SSSR count). The molecule has 0 saturated heterocycles. The van der Waals surface area contributed by atoms with Gasteiger partial charge in [-0.3, -0.25) is 9.59 Å². The number of nitrogens with one attached hydrogen (secondary N) is 1. The number of carbonyl (C=O) groups excluding carboxylic acids is 1. The van der Waals surface area contributed by atoms with Crippen molar-refractivity contribution < 1.29 is 4.79 Å². The minimum atomic E-state index is -0.392. The lowest BCUT2D eigenvalue weighted by atomic mass is 10.1. The number of amides is 1. The number of nitrogens with zero attached hydrogens (tertiary/aromatic N) is 5. The van der Waals surface area contributed by atoms with Crippen LogP contribution in [0.2, 0.25) is 0 Å². The summed E-state index contributed by atoms with van der Waals surface area (Å²) in [6.07, 6.45) is -0.226. The van der Waals surface area contributed by atoms with E-state index in [1.807, 2.05) is 43.3 Å². The molecule has 8 nitrogen and oxygen atoms in total. The third kappa shape index (κ3) is 2.99. The molecule has 2 aromatic carbocycles. The molecule has 0 bridgehead atoms. The van der Waals surface area contributed by atoms with Gasteiger partial charge in [-0.2, -0.15) is 5.26 Å². The molecule has 2 aromatic heterocycles. The Kier molecular flexibility index (Phi) is 4.33. The fourth-order valence-corrected chi connectivity index (χ4v) is 3.14. The van der Waals surface area contributed by atoms with Crippen LogP contribution in [0.3, 0.4) is 0 Å². The number of rotatable bonds is 4. The van der Waals surface area contributed by atoms with E-state index in [4.69, 9.17) is 5.26 Å². The van der Waals surface area contributed by atoms with Crippen molar-refractivity contribution in [2.45, 2.75) is 19.9 Å². The Balaban J connectivity index is 1.86. The fraction of sp³-hybridized carbons (Fsp3) is 0.150. The van der Waals surface area contributed by atoms with E-state index < -0.39 is 5.91 Å². The smallest absolute Gasteiger partial charge is 0.278 e. The Morgan fingerprint density at radius 2 is 1.86 bits per heavy atom. The van der Waals surface area contributed by atoms with E-state index in [9.17, 15) is 9.59 Å². The van der Waals surface area contributed by atoms with Crippen molar-refractivity contribution in [2.75, 3.05) is 5.32 Å². The van der Waals surface area contributed by atoms with E-state index in [0.717, 1.165) is 5.39 Å². The molecule has 0 unspecified atom stereocenters. The van der Waals surface area contributed by atoms with E-state index in [1.165, 1.54) is 4.80 Å². The van der Waals surface area contributed by atoms with Gasteiger partial charge in [-0.1, -0.05) is 18.2 Å². The van der Waals surface area contributed by atoms with Crippen LogP contribution in [0.4, 0.5) is 5.69 Å². The van der Waals surface area contributed by atoms with Crippen LogP contribution in [0.5, 0.6) is 0 Å². The lowest BCUT2D eigenvalue weighted by Gasteiger charge is -2.12. The highest BCUT2D eigenvalue weighted by molar-refractivity contribution is 5.94. The van der Waals surface area contributed by atoms with Crippen molar-refractivity contribution in [3.8, 4) is 11.8 Å². The first-order valence-corrected chi connectivity index (χ1v) is 8.77. The van der Waals surface area contributed by atoms with Gasteiger partial charge in [-0.05, 0) is 37.3 Å². The second-order valence-electron chi connectivity index (χ2n) is 6.21. The quantitative estimate of drug-likeness (QED) is 0.593. The molecule has 0 aliphatic carbocycles. The average molecular weight is 372 g/mol. The average Bonchev–Trinajstić information content (AvgIpc) is 3.11. The summed E-state index contributed by atoms with van der Waals surface area (Å²) in [6.45, 7) is 2.32. The van der Waals surface area contributed by atoms with Gasteiger partial charge in [-0.25, -0.2) is 0 Å². The molecular weight excluding hydrogens is 356 g/mol. The highest BCUT2D eigenvalue weighted by atomic mass is 16.1. The van der Waals surface area contributed by atoms with E-state index in [1.54, 1.807) is 22.8 Å². The summed E-state index contributed by atoms with van der Waals surface area (Å²) in [4.78, 5) is 26.1. The van der Waals surface area contributed by atoms with Gasteiger partial charge in [0.25, 0.3) is 5.56 Å². The zero-order valence-electron chi connectivity index (χ0n) is 15.1. The topological polar surface area (TPSA) is 106 Å². The van der Waals surface area contributed by atoms with Crippen LogP contribution >= 0.6 is 0 Å². The molecule has 0 radical (unpaired) electrons. The van der Waals surface area contributed by atoms with E-state index in [2.05, 4.69) is 15.5 Å². The second kappa shape index (κ2) is 6.96. The summed E-state index contributed by atoms with van der Waals surface area (Å²) in [5.41, 5.74) is 2.76. The SMILES string of the molecule is CCn1c(=O)c(-n2nc3ccccc3n2)cc2ccc(NC(=O)CC#N)cc21. The number of aryl methyl sites for hydroxylation is 1. The van der Waals surface area contributed by atoms with Crippen molar-refractivity contribution in [3.63, 3.8) is 0 Å². The number of hydrogen-bond donors (Lipinski definition) is 1. The molecule has 0 spiro atoms. The molecule has 138 valence electrons. The van der Waals surface area contributed by atoms with E-state index in [-0.39, 0.29) is 12.0 Å². The monoisotopic (exact) mass is 372 g/mol. The predicted molar refractivity (Wildman–Crippen MR) is 105 cm³/mol. The van der Waals surface area contributed by atoms with Gasteiger partial charge in [0.15, 0.2) is 5.69 Å².